The maximum absolute atomic E-state index is 12.6. The minimum atomic E-state index is -0.470. The number of ether oxygens (including phenoxy) is 1. The third-order valence-corrected chi connectivity index (χ3v) is 7.01. The third kappa shape index (κ3) is 6.18. The number of hydrogen-bond acceptors (Lipinski definition) is 7. The van der Waals surface area contributed by atoms with E-state index in [2.05, 4.69) is 22.0 Å². The molecule has 1 saturated heterocycles. The van der Waals surface area contributed by atoms with E-state index in [0.717, 1.165) is 30.2 Å². The fourth-order valence-electron chi connectivity index (χ4n) is 3.51. The van der Waals surface area contributed by atoms with Gasteiger partial charge in [-0.3, -0.25) is 9.69 Å². The molecular formula is C24H25N3O3S2. The van der Waals surface area contributed by atoms with Crippen LogP contribution in [0.5, 0.6) is 0 Å². The molecule has 2 aromatic carbocycles. The van der Waals surface area contributed by atoms with Crippen molar-refractivity contribution < 1.29 is 14.3 Å². The van der Waals surface area contributed by atoms with Gasteiger partial charge in [0.15, 0.2) is 6.61 Å². The van der Waals surface area contributed by atoms with Gasteiger partial charge in [-0.2, -0.15) is 0 Å². The molecule has 2 heterocycles. The van der Waals surface area contributed by atoms with Crippen molar-refractivity contribution in [1.29, 1.82) is 0 Å². The number of rotatable bonds is 8. The first-order valence-corrected chi connectivity index (χ1v) is 12.4. The number of carbonyl (C=O) groups excluding carboxylic acids is 2. The first-order valence-electron chi connectivity index (χ1n) is 10.5. The largest absolute Gasteiger partial charge is 0.452 e. The summed E-state index contributed by atoms with van der Waals surface area (Å²) < 4.78 is 5.37. The van der Waals surface area contributed by atoms with E-state index in [1.165, 1.54) is 17.3 Å². The molecule has 3 aromatic rings. The SMILES string of the molecule is O=C(OCC(=O)N1CCN(Cc2ccccc2)CC1)c1ccccc1SCc1cscn1. The molecule has 0 aliphatic carbocycles. The highest BCUT2D eigenvalue weighted by molar-refractivity contribution is 7.98. The Bertz CT molecular complexity index is 1020. The Morgan fingerprint density at radius 2 is 1.75 bits per heavy atom. The average molecular weight is 468 g/mol. The van der Waals surface area contributed by atoms with Crippen LogP contribution in [0.15, 0.2) is 70.4 Å². The summed E-state index contributed by atoms with van der Waals surface area (Å²) in [5.41, 5.74) is 4.52. The lowest BCUT2D eigenvalue weighted by molar-refractivity contribution is -0.136. The number of esters is 1. The predicted octanol–water partition coefficient (Wildman–Crippen LogP) is 3.94. The van der Waals surface area contributed by atoms with Crippen LogP contribution in [0.25, 0.3) is 0 Å². The number of amides is 1. The van der Waals surface area contributed by atoms with Crippen molar-refractivity contribution in [3.63, 3.8) is 0 Å². The number of benzene rings is 2. The van der Waals surface area contributed by atoms with Gasteiger partial charge in [0, 0.05) is 48.8 Å². The van der Waals surface area contributed by atoms with E-state index in [4.69, 9.17) is 4.74 Å². The Kier molecular flexibility index (Phi) is 7.92. The van der Waals surface area contributed by atoms with Gasteiger partial charge in [0.25, 0.3) is 5.91 Å². The van der Waals surface area contributed by atoms with Gasteiger partial charge >= 0.3 is 5.97 Å². The van der Waals surface area contributed by atoms with Gasteiger partial charge in [0.1, 0.15) is 0 Å². The third-order valence-electron chi connectivity index (χ3n) is 5.27. The number of aromatic nitrogens is 1. The summed E-state index contributed by atoms with van der Waals surface area (Å²) in [6.45, 7) is 3.55. The summed E-state index contributed by atoms with van der Waals surface area (Å²) >= 11 is 3.09. The van der Waals surface area contributed by atoms with Crippen molar-refractivity contribution in [3.05, 3.63) is 82.3 Å². The molecule has 1 aliphatic heterocycles. The molecule has 4 rings (SSSR count). The second kappa shape index (κ2) is 11.3. The van der Waals surface area contributed by atoms with E-state index in [1.807, 2.05) is 35.7 Å². The van der Waals surface area contributed by atoms with E-state index in [-0.39, 0.29) is 12.5 Å². The molecule has 0 bridgehead atoms. The zero-order valence-electron chi connectivity index (χ0n) is 17.7. The van der Waals surface area contributed by atoms with Crippen LogP contribution >= 0.6 is 23.1 Å². The lowest BCUT2D eigenvalue weighted by Crippen LogP contribution is -2.49. The van der Waals surface area contributed by atoms with Gasteiger partial charge in [-0.25, -0.2) is 9.78 Å². The average Bonchev–Trinajstić information content (AvgIpc) is 3.36. The summed E-state index contributed by atoms with van der Waals surface area (Å²) in [4.78, 5) is 34.4. The van der Waals surface area contributed by atoms with E-state index < -0.39 is 5.97 Å². The Morgan fingerprint density at radius 3 is 2.50 bits per heavy atom. The molecule has 0 atom stereocenters. The van der Waals surface area contributed by atoms with Crippen LogP contribution < -0.4 is 0 Å². The lowest BCUT2D eigenvalue weighted by atomic mass is 10.2. The standard InChI is InChI=1S/C24H25N3O3S2/c28-23(27-12-10-26(11-13-27)14-19-6-2-1-3-7-19)15-30-24(29)21-8-4-5-9-22(21)32-17-20-16-31-18-25-20/h1-9,16,18H,10-15,17H2. The second-order valence-electron chi connectivity index (χ2n) is 7.48. The van der Waals surface area contributed by atoms with Crippen LogP contribution in [-0.4, -0.2) is 59.4 Å². The molecular weight excluding hydrogens is 442 g/mol. The first kappa shape index (κ1) is 22.5. The van der Waals surface area contributed by atoms with E-state index >= 15 is 0 Å². The smallest absolute Gasteiger partial charge is 0.339 e. The summed E-state index contributed by atoms with van der Waals surface area (Å²) in [5, 5.41) is 1.99. The molecule has 0 N–H and O–H groups in total. The molecule has 6 nitrogen and oxygen atoms in total. The Morgan fingerprint density at radius 1 is 1.00 bits per heavy atom. The molecule has 0 unspecified atom stereocenters. The fraction of sp³-hybridized carbons (Fsp3) is 0.292. The molecule has 0 spiro atoms. The topological polar surface area (TPSA) is 62.7 Å². The van der Waals surface area contributed by atoms with Crippen LogP contribution in [0.3, 0.4) is 0 Å². The summed E-state index contributed by atoms with van der Waals surface area (Å²) in [5.74, 6) is 0.0627. The Balaban J connectivity index is 1.24. The predicted molar refractivity (Wildman–Crippen MR) is 127 cm³/mol. The van der Waals surface area contributed by atoms with Crippen LogP contribution in [0.4, 0.5) is 0 Å². The van der Waals surface area contributed by atoms with Gasteiger partial charge in [-0.15, -0.1) is 23.1 Å². The molecule has 8 heteroatoms. The monoisotopic (exact) mass is 467 g/mol. The molecule has 1 aliphatic rings. The van der Waals surface area contributed by atoms with Crippen molar-refractivity contribution >= 4 is 35.0 Å². The highest BCUT2D eigenvalue weighted by atomic mass is 32.2. The first-order chi connectivity index (χ1) is 15.7. The number of hydrogen-bond donors (Lipinski definition) is 0. The van der Waals surface area contributed by atoms with E-state index in [0.29, 0.717) is 24.4 Å². The number of thiazole rings is 1. The number of piperazine rings is 1. The minimum Gasteiger partial charge on any atom is -0.452 e. The molecule has 1 aromatic heterocycles. The van der Waals surface area contributed by atoms with Crippen LogP contribution in [0.1, 0.15) is 21.6 Å². The van der Waals surface area contributed by atoms with Crippen molar-refractivity contribution in [1.82, 2.24) is 14.8 Å². The molecule has 1 fully saturated rings. The van der Waals surface area contributed by atoms with Gasteiger partial charge in [0.2, 0.25) is 0 Å². The van der Waals surface area contributed by atoms with Crippen LogP contribution in [0.2, 0.25) is 0 Å². The van der Waals surface area contributed by atoms with E-state index in [1.54, 1.807) is 33.9 Å². The summed E-state index contributed by atoms with van der Waals surface area (Å²) in [7, 11) is 0. The number of nitrogens with zero attached hydrogens (tertiary/aromatic N) is 3. The molecule has 0 saturated carbocycles. The summed E-state index contributed by atoms with van der Waals surface area (Å²) in [6.07, 6.45) is 0. The van der Waals surface area contributed by atoms with Gasteiger partial charge in [-0.1, -0.05) is 42.5 Å². The lowest BCUT2D eigenvalue weighted by Gasteiger charge is -2.34. The normalized spacial score (nSPS) is 14.3. The van der Waals surface area contributed by atoms with Gasteiger partial charge in [0.05, 0.1) is 16.8 Å². The second-order valence-corrected chi connectivity index (χ2v) is 9.22. The zero-order valence-corrected chi connectivity index (χ0v) is 19.3. The van der Waals surface area contributed by atoms with Crippen LogP contribution in [-0.2, 0) is 21.8 Å². The Labute approximate surface area is 196 Å². The van der Waals surface area contributed by atoms with Crippen molar-refractivity contribution in [3.8, 4) is 0 Å². The molecule has 0 radical (unpaired) electrons. The van der Waals surface area contributed by atoms with Crippen LogP contribution in [0, 0.1) is 0 Å². The van der Waals surface area contributed by atoms with Crippen molar-refractivity contribution in [2.45, 2.75) is 17.2 Å². The maximum Gasteiger partial charge on any atom is 0.339 e. The number of thioether (sulfide) groups is 1. The minimum absolute atomic E-state index is 0.148. The molecule has 166 valence electrons. The van der Waals surface area contributed by atoms with Gasteiger partial charge < -0.3 is 9.64 Å². The number of carbonyl (C=O) groups is 2. The molecule has 32 heavy (non-hydrogen) atoms. The maximum atomic E-state index is 12.6. The quantitative estimate of drug-likeness (QED) is 0.369. The summed E-state index contributed by atoms with van der Waals surface area (Å²) in [6, 6.07) is 17.6. The molecule has 1 amide bonds. The highest BCUT2D eigenvalue weighted by Crippen LogP contribution is 2.26. The van der Waals surface area contributed by atoms with Crippen molar-refractivity contribution in [2.24, 2.45) is 0 Å². The highest BCUT2D eigenvalue weighted by Gasteiger charge is 2.23. The zero-order chi connectivity index (χ0) is 22.2. The fourth-order valence-corrected chi connectivity index (χ4v) is 5.12. The Hall–Kier alpha value is -2.68. The van der Waals surface area contributed by atoms with Crippen molar-refractivity contribution in [2.75, 3.05) is 32.8 Å². The van der Waals surface area contributed by atoms with Gasteiger partial charge in [-0.05, 0) is 17.7 Å². The van der Waals surface area contributed by atoms with E-state index in [9.17, 15) is 9.59 Å².